The minimum absolute atomic E-state index is 0.442. The fraction of sp³-hybridized carbons (Fsp3) is 0. The number of hydrogen-bond donors (Lipinski definition) is 1. The Morgan fingerprint density at radius 1 is 1.54 bits per heavy atom. The van der Waals surface area contributed by atoms with E-state index in [4.69, 9.17) is 18.2 Å². The molecule has 3 nitrogen and oxygen atoms in total. The minimum atomic E-state index is 0.442. The Labute approximate surface area is 93.0 Å². The fourth-order valence-electron chi connectivity index (χ4n) is 1.07. The Morgan fingerprint density at radius 2 is 2.31 bits per heavy atom. The molecule has 1 aromatic heterocycles. The van der Waals surface area contributed by atoms with E-state index in [-0.39, 0.29) is 0 Å². The highest BCUT2D eigenvalue weighted by Gasteiger charge is 2.07. The van der Waals surface area contributed by atoms with Crippen LogP contribution in [0.2, 0.25) is 5.02 Å². The number of nitrogens with zero attached hydrogens (tertiary/aromatic N) is 2. The highest BCUT2D eigenvalue weighted by molar-refractivity contribution is 14.1. The number of nitrogens with one attached hydrogen (secondary N) is 1. The first-order valence-corrected chi connectivity index (χ1v) is 4.88. The van der Waals surface area contributed by atoms with Crippen molar-refractivity contribution in [1.82, 2.24) is 10.2 Å². The van der Waals surface area contributed by atoms with Crippen LogP contribution in [0, 0.1) is 10.3 Å². The van der Waals surface area contributed by atoms with E-state index < -0.39 is 0 Å². The lowest BCUT2D eigenvalue weighted by atomic mass is 10.2. The summed E-state index contributed by atoms with van der Waals surface area (Å²) in [4.78, 5) is 3.29. The number of H-pyrrole nitrogens is 1. The first-order chi connectivity index (χ1) is 6.22. The molecule has 0 bridgehead atoms. The Balaban J connectivity index is 2.85. The molecular weight excluding hydrogens is 300 g/mol. The SMILES string of the molecule is [C-]#[N+]c1cc2n[nH]c(I)c2cc1Cl. The monoisotopic (exact) mass is 303 g/mol. The van der Waals surface area contributed by atoms with Crippen LogP contribution in [0.1, 0.15) is 0 Å². The number of benzene rings is 1. The molecule has 1 N–H and O–H groups in total. The Hall–Kier alpha value is -0.800. The minimum Gasteiger partial charge on any atom is -0.271 e. The lowest BCUT2D eigenvalue weighted by Crippen LogP contribution is -1.70. The molecule has 0 fully saturated rings. The third-order valence-electron chi connectivity index (χ3n) is 1.70. The van der Waals surface area contributed by atoms with Gasteiger partial charge in [-0.15, -0.1) is 0 Å². The average molecular weight is 303 g/mol. The van der Waals surface area contributed by atoms with Crippen LogP contribution in [-0.4, -0.2) is 10.2 Å². The van der Waals surface area contributed by atoms with Crippen LogP contribution in [0.25, 0.3) is 15.7 Å². The number of halogens is 2. The van der Waals surface area contributed by atoms with E-state index in [2.05, 4.69) is 37.6 Å². The molecule has 0 saturated carbocycles. The van der Waals surface area contributed by atoms with Crippen LogP contribution in [0.15, 0.2) is 12.1 Å². The molecule has 0 aliphatic rings. The van der Waals surface area contributed by atoms with Gasteiger partial charge in [-0.05, 0) is 34.7 Å². The maximum atomic E-state index is 6.87. The molecule has 0 atom stereocenters. The summed E-state index contributed by atoms with van der Waals surface area (Å²) in [5.74, 6) is 0. The zero-order valence-corrected chi connectivity index (χ0v) is 9.22. The maximum Gasteiger partial charge on any atom is 0.207 e. The number of aromatic amines is 1. The molecular formula is C8H3ClIN3. The van der Waals surface area contributed by atoms with Crippen molar-refractivity contribution < 1.29 is 0 Å². The summed E-state index contributed by atoms with van der Waals surface area (Å²) >= 11 is 8.01. The van der Waals surface area contributed by atoms with Crippen molar-refractivity contribution in [2.45, 2.75) is 0 Å². The molecule has 1 aromatic carbocycles. The van der Waals surface area contributed by atoms with Crippen molar-refractivity contribution in [2.24, 2.45) is 0 Å². The molecule has 0 unspecified atom stereocenters. The van der Waals surface area contributed by atoms with Crippen molar-refractivity contribution >= 4 is 50.8 Å². The third kappa shape index (κ3) is 1.38. The van der Waals surface area contributed by atoms with Gasteiger partial charge in [0.15, 0.2) is 0 Å². The lowest BCUT2D eigenvalue weighted by Gasteiger charge is -1.94. The van der Waals surface area contributed by atoms with Gasteiger partial charge in [0.25, 0.3) is 0 Å². The summed E-state index contributed by atoms with van der Waals surface area (Å²) in [6, 6.07) is 3.44. The zero-order chi connectivity index (χ0) is 9.42. The largest absolute Gasteiger partial charge is 0.271 e. The highest BCUT2D eigenvalue weighted by atomic mass is 127. The Morgan fingerprint density at radius 3 is 3.00 bits per heavy atom. The van der Waals surface area contributed by atoms with Crippen LogP contribution < -0.4 is 0 Å². The first kappa shape index (κ1) is 8.78. The Bertz CT molecular complexity index is 512. The molecule has 2 aromatic rings. The van der Waals surface area contributed by atoms with E-state index >= 15 is 0 Å². The van der Waals surface area contributed by atoms with Crippen LogP contribution in [0.5, 0.6) is 0 Å². The van der Waals surface area contributed by atoms with Gasteiger partial charge in [0.1, 0.15) is 3.70 Å². The van der Waals surface area contributed by atoms with Crippen molar-refractivity contribution in [3.8, 4) is 0 Å². The second kappa shape index (κ2) is 3.16. The maximum absolute atomic E-state index is 6.87. The molecule has 0 saturated heterocycles. The van der Waals surface area contributed by atoms with E-state index in [1.807, 2.05) is 0 Å². The Kier molecular flexibility index (Phi) is 2.14. The van der Waals surface area contributed by atoms with Crippen molar-refractivity contribution in [2.75, 3.05) is 0 Å². The summed E-state index contributed by atoms with van der Waals surface area (Å²) in [6.07, 6.45) is 0. The second-order valence-corrected chi connectivity index (χ2v) is 3.96. The van der Waals surface area contributed by atoms with E-state index in [1.165, 1.54) is 0 Å². The van der Waals surface area contributed by atoms with Gasteiger partial charge >= 0.3 is 0 Å². The van der Waals surface area contributed by atoms with Gasteiger partial charge in [-0.2, -0.15) is 5.10 Å². The zero-order valence-electron chi connectivity index (χ0n) is 6.31. The van der Waals surface area contributed by atoms with Crippen molar-refractivity contribution in [3.63, 3.8) is 0 Å². The average Bonchev–Trinajstić information content (AvgIpc) is 2.47. The van der Waals surface area contributed by atoms with E-state index in [0.29, 0.717) is 10.7 Å². The molecule has 0 spiro atoms. The molecule has 2 rings (SSSR count). The number of hydrogen-bond acceptors (Lipinski definition) is 1. The second-order valence-electron chi connectivity index (χ2n) is 2.47. The van der Waals surface area contributed by atoms with Crippen molar-refractivity contribution in [1.29, 1.82) is 0 Å². The van der Waals surface area contributed by atoms with E-state index in [9.17, 15) is 0 Å². The predicted molar refractivity (Wildman–Crippen MR) is 60.1 cm³/mol. The van der Waals surface area contributed by atoms with E-state index in [1.54, 1.807) is 12.1 Å². The molecule has 64 valence electrons. The third-order valence-corrected chi connectivity index (χ3v) is 2.82. The molecule has 1 heterocycles. The van der Waals surface area contributed by atoms with Gasteiger partial charge in [0.05, 0.1) is 12.1 Å². The standard InChI is InChI=1S/C8H3ClIN3/c1-11-7-3-6-4(2-5(7)9)8(10)13-12-6/h2-3H,(H,12,13). The highest BCUT2D eigenvalue weighted by Crippen LogP contribution is 2.31. The van der Waals surface area contributed by atoms with Crippen molar-refractivity contribution in [3.05, 3.63) is 32.3 Å². The molecule has 0 amide bonds. The molecule has 0 aliphatic heterocycles. The quantitative estimate of drug-likeness (QED) is 0.587. The smallest absolute Gasteiger partial charge is 0.207 e. The van der Waals surface area contributed by atoms with Crippen LogP contribution in [0.4, 0.5) is 5.69 Å². The molecule has 0 radical (unpaired) electrons. The fourth-order valence-corrected chi connectivity index (χ4v) is 1.83. The topological polar surface area (TPSA) is 33.0 Å². The summed E-state index contributed by atoms with van der Waals surface area (Å²) in [6.45, 7) is 6.87. The van der Waals surface area contributed by atoms with E-state index in [0.717, 1.165) is 14.6 Å². The number of fused-ring (bicyclic) bond motifs is 1. The van der Waals surface area contributed by atoms with Gasteiger partial charge in [0, 0.05) is 10.4 Å². The predicted octanol–water partition coefficient (Wildman–Crippen LogP) is 3.37. The number of aromatic nitrogens is 2. The summed E-state index contributed by atoms with van der Waals surface area (Å²) in [5, 5.41) is 8.29. The summed E-state index contributed by atoms with van der Waals surface area (Å²) < 4.78 is 0.936. The summed E-state index contributed by atoms with van der Waals surface area (Å²) in [5.41, 5.74) is 1.22. The van der Waals surface area contributed by atoms with Crippen LogP contribution >= 0.6 is 34.2 Å². The van der Waals surface area contributed by atoms with Crippen LogP contribution in [0.3, 0.4) is 0 Å². The molecule has 13 heavy (non-hydrogen) atoms. The summed E-state index contributed by atoms with van der Waals surface area (Å²) in [7, 11) is 0. The van der Waals surface area contributed by atoms with Gasteiger partial charge in [-0.1, -0.05) is 11.6 Å². The number of rotatable bonds is 0. The van der Waals surface area contributed by atoms with Gasteiger partial charge in [-0.3, -0.25) is 5.10 Å². The van der Waals surface area contributed by atoms with Gasteiger partial charge in [-0.25, -0.2) is 4.85 Å². The first-order valence-electron chi connectivity index (χ1n) is 3.43. The lowest BCUT2D eigenvalue weighted by molar-refractivity contribution is 1.09. The van der Waals surface area contributed by atoms with Gasteiger partial charge in [0.2, 0.25) is 5.69 Å². The van der Waals surface area contributed by atoms with Gasteiger partial charge < -0.3 is 0 Å². The van der Waals surface area contributed by atoms with Crippen LogP contribution in [-0.2, 0) is 0 Å². The normalized spacial score (nSPS) is 10.2. The molecule has 0 aliphatic carbocycles. The molecule has 5 heteroatoms.